The Morgan fingerprint density at radius 3 is 1.93 bits per heavy atom. The van der Waals surface area contributed by atoms with E-state index in [9.17, 15) is 0 Å². The van der Waals surface area contributed by atoms with E-state index < -0.39 is 0 Å². The maximum absolute atomic E-state index is 3.64. The molecule has 8 rings (SSSR count). The number of hydrogen-bond acceptors (Lipinski definition) is 3. The van der Waals surface area contributed by atoms with Gasteiger partial charge in [0.2, 0.25) is 0 Å². The van der Waals surface area contributed by atoms with E-state index in [1.54, 1.807) is 0 Å². The van der Waals surface area contributed by atoms with Crippen LogP contribution >= 0.6 is 0 Å². The van der Waals surface area contributed by atoms with Crippen LogP contribution < -0.4 is 15.5 Å². The van der Waals surface area contributed by atoms with E-state index in [0.717, 1.165) is 23.6 Å². The zero-order valence-corrected chi connectivity index (χ0v) is 23.7. The van der Waals surface area contributed by atoms with E-state index >= 15 is 0 Å². The van der Waals surface area contributed by atoms with Gasteiger partial charge < -0.3 is 15.5 Å². The molecule has 0 saturated carbocycles. The van der Waals surface area contributed by atoms with Crippen molar-refractivity contribution < 1.29 is 0 Å². The van der Waals surface area contributed by atoms with Gasteiger partial charge in [0, 0.05) is 35.5 Å². The molecule has 0 bridgehead atoms. The van der Waals surface area contributed by atoms with Crippen molar-refractivity contribution in [3.8, 4) is 11.1 Å². The minimum Gasteiger partial charge on any atom is -0.382 e. The van der Waals surface area contributed by atoms with Crippen molar-refractivity contribution >= 4 is 33.4 Å². The minimum atomic E-state index is 0.190. The number of dihydropyridines is 2. The molecule has 2 aliphatic heterocycles. The monoisotopic (exact) mass is 553 g/mol. The molecule has 3 aliphatic rings. The van der Waals surface area contributed by atoms with Gasteiger partial charge in [0.15, 0.2) is 0 Å². The number of anilines is 3. The summed E-state index contributed by atoms with van der Waals surface area (Å²) in [7, 11) is 0. The summed E-state index contributed by atoms with van der Waals surface area (Å²) >= 11 is 0. The highest BCUT2D eigenvalue weighted by Gasteiger charge is 2.26. The summed E-state index contributed by atoms with van der Waals surface area (Å²) in [6.07, 6.45) is 13.3. The van der Waals surface area contributed by atoms with Crippen LogP contribution in [0.2, 0.25) is 0 Å². The molecule has 0 fully saturated rings. The van der Waals surface area contributed by atoms with Gasteiger partial charge >= 0.3 is 0 Å². The summed E-state index contributed by atoms with van der Waals surface area (Å²) in [6, 6.07) is 43.6. The highest BCUT2D eigenvalue weighted by molar-refractivity contribution is 5.92. The average molecular weight is 554 g/mol. The lowest BCUT2D eigenvalue weighted by molar-refractivity contribution is 0.675. The average Bonchev–Trinajstić information content (AvgIpc) is 3.09. The number of benzene rings is 5. The smallest absolute Gasteiger partial charge is 0.0916 e. The molecule has 0 spiro atoms. The molecule has 1 aliphatic carbocycles. The first-order chi connectivity index (χ1) is 21.3. The lowest BCUT2D eigenvalue weighted by atomic mass is 9.87. The van der Waals surface area contributed by atoms with Crippen molar-refractivity contribution in [2.24, 2.45) is 0 Å². The molecule has 43 heavy (non-hydrogen) atoms. The van der Waals surface area contributed by atoms with Gasteiger partial charge in [-0.1, -0.05) is 97.1 Å². The highest BCUT2D eigenvalue weighted by atomic mass is 15.1. The number of hydrogen-bond donors (Lipinski definition) is 2. The fourth-order valence-electron chi connectivity index (χ4n) is 6.29. The van der Waals surface area contributed by atoms with Gasteiger partial charge in [-0.05, 0) is 98.8 Å². The molecule has 0 amide bonds. The predicted octanol–water partition coefficient (Wildman–Crippen LogP) is 9.20. The predicted molar refractivity (Wildman–Crippen MR) is 180 cm³/mol. The summed E-state index contributed by atoms with van der Waals surface area (Å²) in [4.78, 5) is 2.29. The Hall–Kier alpha value is -5.54. The van der Waals surface area contributed by atoms with Crippen LogP contribution in [0.3, 0.4) is 0 Å². The Morgan fingerprint density at radius 1 is 0.581 bits per heavy atom. The molecule has 2 heterocycles. The Kier molecular flexibility index (Phi) is 6.27. The molecular weight excluding hydrogens is 522 g/mol. The maximum atomic E-state index is 3.64. The van der Waals surface area contributed by atoms with Crippen LogP contribution in [0.15, 0.2) is 175 Å². The first-order valence-corrected chi connectivity index (χ1v) is 14.9. The summed E-state index contributed by atoms with van der Waals surface area (Å²) in [5.74, 6) is 0. The summed E-state index contributed by atoms with van der Waals surface area (Å²) in [5.41, 5.74) is 12.1. The Labute approximate surface area is 252 Å². The number of nitrogens with one attached hydrogen (secondary N) is 2. The molecule has 2 N–H and O–H groups in total. The SMILES string of the molecule is C1=CC2=C(NC1)C1NC=C(c3ccc4cc(-c5ccc(N(c6ccccc6)c6ccccc6)cc5)ccc4c3)C=C1C=C2. The van der Waals surface area contributed by atoms with Crippen molar-refractivity contribution in [2.75, 3.05) is 11.4 Å². The van der Waals surface area contributed by atoms with Crippen molar-refractivity contribution in [1.29, 1.82) is 0 Å². The first-order valence-electron chi connectivity index (χ1n) is 14.9. The molecule has 1 atom stereocenters. The minimum absolute atomic E-state index is 0.190. The number of allylic oxidation sites excluding steroid dienone is 5. The van der Waals surface area contributed by atoms with Crippen molar-refractivity contribution in [3.63, 3.8) is 0 Å². The molecular formula is C40H31N3. The Morgan fingerprint density at radius 2 is 1.21 bits per heavy atom. The molecule has 0 radical (unpaired) electrons. The number of para-hydroxylation sites is 2. The zero-order valence-electron chi connectivity index (χ0n) is 23.7. The van der Waals surface area contributed by atoms with Crippen LogP contribution in [-0.2, 0) is 0 Å². The molecule has 1 unspecified atom stereocenters. The normalized spacial score (nSPS) is 16.9. The fraction of sp³-hybridized carbons (Fsp3) is 0.0500. The second-order valence-electron chi connectivity index (χ2n) is 11.2. The largest absolute Gasteiger partial charge is 0.382 e. The topological polar surface area (TPSA) is 27.3 Å². The highest BCUT2D eigenvalue weighted by Crippen LogP contribution is 2.36. The van der Waals surface area contributed by atoms with Gasteiger partial charge in [-0.15, -0.1) is 0 Å². The van der Waals surface area contributed by atoms with Crippen LogP contribution in [0.25, 0.3) is 27.5 Å². The van der Waals surface area contributed by atoms with Crippen molar-refractivity contribution in [1.82, 2.24) is 10.6 Å². The van der Waals surface area contributed by atoms with Gasteiger partial charge in [0.1, 0.15) is 0 Å². The fourth-order valence-corrected chi connectivity index (χ4v) is 6.29. The zero-order chi connectivity index (χ0) is 28.6. The van der Waals surface area contributed by atoms with E-state index in [2.05, 4.69) is 173 Å². The van der Waals surface area contributed by atoms with Gasteiger partial charge in [0.25, 0.3) is 0 Å². The summed E-state index contributed by atoms with van der Waals surface area (Å²) in [5, 5.41) is 9.66. The second kappa shape index (κ2) is 10.7. The van der Waals surface area contributed by atoms with Crippen molar-refractivity contribution in [2.45, 2.75) is 6.04 Å². The van der Waals surface area contributed by atoms with E-state index in [4.69, 9.17) is 0 Å². The standard InChI is InChI=1S/C40H31N3/c1-3-9-36(10-4-1)43(37-11-5-2-6-12-37)38-21-19-28(20-22-38)30-14-15-32-25-33(17-16-31(32)24-30)35-26-34-18-13-29-8-7-23-41-39(29)40(34)42-27-35/h1-22,24-27,40-42H,23H2. The molecule has 0 aromatic heterocycles. The first kappa shape index (κ1) is 25.2. The molecule has 0 saturated heterocycles. The van der Waals surface area contributed by atoms with Gasteiger partial charge in [-0.2, -0.15) is 0 Å². The maximum Gasteiger partial charge on any atom is 0.0916 e. The van der Waals surface area contributed by atoms with Crippen LogP contribution in [0.4, 0.5) is 17.1 Å². The van der Waals surface area contributed by atoms with Gasteiger partial charge in [0.05, 0.1) is 6.04 Å². The lowest BCUT2D eigenvalue weighted by Gasteiger charge is -2.32. The number of nitrogens with zero attached hydrogens (tertiary/aromatic N) is 1. The second-order valence-corrected chi connectivity index (χ2v) is 11.2. The molecule has 3 nitrogen and oxygen atoms in total. The van der Waals surface area contributed by atoms with Crippen LogP contribution in [0, 0.1) is 0 Å². The molecule has 5 aromatic carbocycles. The van der Waals surface area contributed by atoms with Gasteiger partial charge in [-0.25, -0.2) is 0 Å². The van der Waals surface area contributed by atoms with E-state index in [-0.39, 0.29) is 6.04 Å². The van der Waals surface area contributed by atoms with Crippen LogP contribution in [-0.4, -0.2) is 12.6 Å². The quantitative estimate of drug-likeness (QED) is 0.227. The Bertz CT molecular complexity index is 1940. The molecule has 5 aromatic rings. The van der Waals surface area contributed by atoms with E-state index in [1.165, 1.54) is 49.9 Å². The lowest BCUT2D eigenvalue weighted by Crippen LogP contribution is -2.39. The van der Waals surface area contributed by atoms with Crippen LogP contribution in [0.1, 0.15) is 5.56 Å². The number of fused-ring (bicyclic) bond motifs is 3. The third kappa shape index (κ3) is 4.75. The third-order valence-corrected chi connectivity index (χ3v) is 8.48. The molecule has 3 heteroatoms. The van der Waals surface area contributed by atoms with Gasteiger partial charge in [-0.3, -0.25) is 0 Å². The third-order valence-electron chi connectivity index (χ3n) is 8.48. The van der Waals surface area contributed by atoms with E-state index in [1.807, 2.05) is 0 Å². The van der Waals surface area contributed by atoms with E-state index in [0.29, 0.717) is 0 Å². The summed E-state index contributed by atoms with van der Waals surface area (Å²) < 4.78 is 0. The number of rotatable bonds is 5. The Balaban J connectivity index is 1.06. The summed E-state index contributed by atoms with van der Waals surface area (Å²) in [6.45, 7) is 0.880. The molecule has 206 valence electrons. The van der Waals surface area contributed by atoms with Crippen molar-refractivity contribution in [3.05, 3.63) is 180 Å². The van der Waals surface area contributed by atoms with Crippen LogP contribution in [0.5, 0.6) is 0 Å².